The van der Waals surface area contributed by atoms with Crippen molar-refractivity contribution in [3.63, 3.8) is 0 Å². The molecule has 8 heteroatoms. The first-order valence-corrected chi connectivity index (χ1v) is 27.7. The van der Waals surface area contributed by atoms with Gasteiger partial charge in [0.1, 0.15) is 13.2 Å². The van der Waals surface area contributed by atoms with Crippen molar-refractivity contribution in [3.8, 4) is 0 Å². The van der Waals surface area contributed by atoms with E-state index in [9.17, 15) is 14.4 Å². The number of rotatable bonds is 50. The van der Waals surface area contributed by atoms with Crippen molar-refractivity contribution in [1.82, 2.24) is 0 Å². The largest absolute Gasteiger partial charge is 0.462 e. The number of allylic oxidation sites excluding steroid dienone is 11. The number of esters is 3. The predicted octanol–water partition coefficient (Wildman–Crippen LogP) is 17.7. The molecule has 386 valence electrons. The van der Waals surface area contributed by atoms with Gasteiger partial charge in [-0.05, 0) is 89.9 Å². The molecule has 0 radical (unpaired) electrons. The Morgan fingerprint density at radius 1 is 0.388 bits per heavy atom. The summed E-state index contributed by atoms with van der Waals surface area (Å²) < 4.78 is 16.6. The highest BCUT2D eigenvalue weighted by Gasteiger charge is 2.18. The molecule has 0 bridgehead atoms. The molecule has 0 saturated carbocycles. The molecule has 0 aliphatic carbocycles. The van der Waals surface area contributed by atoms with Crippen molar-refractivity contribution in [1.29, 1.82) is 0 Å². The number of unbranched alkanes of at least 4 members (excludes halogenated alkanes) is 27. The Labute approximate surface area is 411 Å². The van der Waals surface area contributed by atoms with Crippen LogP contribution in [0.15, 0.2) is 72.9 Å². The molecule has 0 fully saturated rings. The Morgan fingerprint density at radius 2 is 0.731 bits per heavy atom. The fourth-order valence-corrected chi connectivity index (χ4v) is 7.76. The number of hydrogen-bond acceptors (Lipinski definition) is 8. The first-order valence-electron chi connectivity index (χ1n) is 27.7. The van der Waals surface area contributed by atoms with Gasteiger partial charge in [0.15, 0.2) is 6.10 Å². The van der Waals surface area contributed by atoms with Crippen molar-refractivity contribution >= 4 is 17.9 Å². The second kappa shape index (κ2) is 53.7. The Bertz CT molecular complexity index is 1220. The second-order valence-corrected chi connectivity index (χ2v) is 18.5. The molecule has 0 saturated heterocycles. The van der Waals surface area contributed by atoms with Gasteiger partial charge < -0.3 is 14.2 Å². The van der Waals surface area contributed by atoms with Crippen LogP contribution in [0, 0.1) is 0 Å². The topological polar surface area (TPSA) is 108 Å². The molecule has 0 aromatic rings. The van der Waals surface area contributed by atoms with Crippen LogP contribution in [-0.2, 0) is 33.5 Å². The van der Waals surface area contributed by atoms with Crippen molar-refractivity contribution < 1.29 is 38.7 Å². The molecule has 0 rings (SSSR count). The first-order chi connectivity index (χ1) is 33.0. The Kier molecular flexibility index (Phi) is 51.1. The van der Waals surface area contributed by atoms with Gasteiger partial charge in [0.2, 0.25) is 0 Å². The van der Waals surface area contributed by atoms with Crippen LogP contribution in [0.5, 0.6) is 0 Å². The fourth-order valence-electron chi connectivity index (χ4n) is 7.76. The van der Waals surface area contributed by atoms with Crippen LogP contribution in [0.4, 0.5) is 0 Å². The van der Waals surface area contributed by atoms with E-state index in [1.54, 1.807) is 12.2 Å². The zero-order valence-electron chi connectivity index (χ0n) is 43.5. The van der Waals surface area contributed by atoms with E-state index in [1.165, 1.54) is 128 Å². The van der Waals surface area contributed by atoms with E-state index in [0.717, 1.165) is 103 Å². The molecular weight excluding hydrogens is 837 g/mol. The lowest BCUT2D eigenvalue weighted by Crippen LogP contribution is -2.30. The van der Waals surface area contributed by atoms with E-state index in [2.05, 4.69) is 56.0 Å². The minimum Gasteiger partial charge on any atom is -0.462 e. The van der Waals surface area contributed by atoms with E-state index < -0.39 is 12.1 Å². The van der Waals surface area contributed by atoms with Crippen LogP contribution in [0.1, 0.15) is 258 Å². The molecule has 0 spiro atoms. The number of carbonyl (C=O) groups is 3. The minimum atomic E-state index is -0.893. The molecule has 67 heavy (non-hydrogen) atoms. The SMILES string of the molecule is CCCCCCCC/C=C\CCCCCCCC(=O)OCC(COC(=O)CCCCCCC/C=C\CCCCCCCC)OC(=O)C=CC=CC=CC=CCCCCC(CCCCCC)OO. The van der Waals surface area contributed by atoms with Gasteiger partial charge in [-0.15, -0.1) is 0 Å². The molecule has 1 unspecified atom stereocenters. The molecule has 1 N–H and O–H groups in total. The van der Waals surface area contributed by atoms with Gasteiger partial charge in [-0.1, -0.05) is 222 Å². The lowest BCUT2D eigenvalue weighted by Gasteiger charge is -2.17. The number of hydrogen-bond donors (Lipinski definition) is 1. The van der Waals surface area contributed by atoms with Gasteiger partial charge in [-0.25, -0.2) is 9.68 Å². The predicted molar refractivity (Wildman–Crippen MR) is 282 cm³/mol. The first kappa shape index (κ1) is 63.8. The van der Waals surface area contributed by atoms with E-state index in [0.29, 0.717) is 12.8 Å². The zero-order valence-corrected chi connectivity index (χ0v) is 43.5. The van der Waals surface area contributed by atoms with Crippen molar-refractivity contribution in [2.75, 3.05) is 13.2 Å². The van der Waals surface area contributed by atoms with Gasteiger partial charge >= 0.3 is 17.9 Å². The molecule has 0 aromatic heterocycles. The normalized spacial score (nSPS) is 12.7. The zero-order chi connectivity index (χ0) is 48.8. The van der Waals surface area contributed by atoms with Crippen LogP contribution in [-0.4, -0.2) is 48.6 Å². The standard InChI is InChI=1S/C59H102O8/c1-4-7-10-13-15-17-19-21-23-25-27-32-36-40-45-50-57(60)64-53-56(54-65-58(61)51-46-41-37-33-28-26-24-22-20-18-16-14-11-8-5-2)66-59(62)52-47-42-38-34-30-29-31-35-39-44-49-55(67-63)48-43-12-9-6-3/h21-24,29-31,34,38,42,47,52,55-56,63H,4-20,25-28,32-33,35-37,39-41,43-46,48-51,53-54H2,1-3H3/b23-21-,24-22-,31-29?,34-30?,42-38?,52-47?. The van der Waals surface area contributed by atoms with E-state index >= 15 is 0 Å². The molecule has 8 nitrogen and oxygen atoms in total. The highest BCUT2D eigenvalue weighted by atomic mass is 17.1. The summed E-state index contributed by atoms with van der Waals surface area (Å²) in [6, 6.07) is 0. The molecule has 0 amide bonds. The van der Waals surface area contributed by atoms with Gasteiger partial charge in [-0.2, -0.15) is 0 Å². The van der Waals surface area contributed by atoms with Crippen LogP contribution in [0.3, 0.4) is 0 Å². The summed E-state index contributed by atoms with van der Waals surface area (Å²) in [5.74, 6) is -1.28. The van der Waals surface area contributed by atoms with Gasteiger partial charge in [0.25, 0.3) is 0 Å². The molecular formula is C59H102O8. The van der Waals surface area contributed by atoms with Gasteiger partial charge in [0, 0.05) is 18.9 Å². The van der Waals surface area contributed by atoms with E-state index in [4.69, 9.17) is 19.5 Å². The Morgan fingerprint density at radius 3 is 1.18 bits per heavy atom. The average molecular weight is 939 g/mol. The lowest BCUT2D eigenvalue weighted by molar-refractivity contribution is -0.281. The van der Waals surface area contributed by atoms with Crippen LogP contribution in [0.2, 0.25) is 0 Å². The van der Waals surface area contributed by atoms with Crippen molar-refractivity contribution in [3.05, 3.63) is 72.9 Å². The quantitative estimate of drug-likeness (QED) is 0.00939. The third-order valence-electron chi connectivity index (χ3n) is 12.0. The molecule has 0 aromatic carbocycles. The molecule has 0 aliphatic rings. The van der Waals surface area contributed by atoms with Crippen LogP contribution in [0.25, 0.3) is 0 Å². The highest BCUT2D eigenvalue weighted by molar-refractivity contribution is 5.82. The van der Waals surface area contributed by atoms with Crippen LogP contribution < -0.4 is 0 Å². The maximum atomic E-state index is 12.7. The van der Waals surface area contributed by atoms with E-state index in [1.807, 2.05) is 24.3 Å². The Hall–Kier alpha value is -3.23. The number of ether oxygens (including phenoxy) is 3. The third kappa shape index (κ3) is 50.5. The summed E-state index contributed by atoms with van der Waals surface area (Å²) in [7, 11) is 0. The summed E-state index contributed by atoms with van der Waals surface area (Å²) >= 11 is 0. The maximum Gasteiger partial charge on any atom is 0.331 e. The van der Waals surface area contributed by atoms with Crippen molar-refractivity contribution in [2.24, 2.45) is 0 Å². The fraction of sp³-hybridized carbons (Fsp3) is 0.746. The monoisotopic (exact) mass is 939 g/mol. The molecule has 1 atom stereocenters. The lowest BCUT2D eigenvalue weighted by atomic mass is 10.0. The summed E-state index contributed by atoms with van der Waals surface area (Å²) in [5, 5.41) is 9.17. The summed E-state index contributed by atoms with van der Waals surface area (Å²) in [5.41, 5.74) is 0. The smallest absolute Gasteiger partial charge is 0.331 e. The minimum absolute atomic E-state index is 0.0637. The Balaban J connectivity index is 4.64. The van der Waals surface area contributed by atoms with Crippen molar-refractivity contribution in [2.45, 2.75) is 271 Å². The van der Waals surface area contributed by atoms with Gasteiger partial charge in [0.05, 0.1) is 6.10 Å². The van der Waals surface area contributed by atoms with E-state index in [-0.39, 0.29) is 31.3 Å². The number of carbonyl (C=O) groups excluding carboxylic acids is 3. The second-order valence-electron chi connectivity index (χ2n) is 18.5. The third-order valence-corrected chi connectivity index (χ3v) is 12.0. The van der Waals surface area contributed by atoms with Gasteiger partial charge in [-0.3, -0.25) is 14.8 Å². The average Bonchev–Trinajstić information content (AvgIpc) is 3.33. The summed E-state index contributed by atoms with van der Waals surface area (Å²) in [6.45, 7) is 6.38. The molecule has 0 aliphatic heterocycles. The highest BCUT2D eigenvalue weighted by Crippen LogP contribution is 2.16. The summed E-state index contributed by atoms with van der Waals surface area (Å²) in [6.07, 6.45) is 63.7. The molecule has 0 heterocycles. The maximum absolute atomic E-state index is 12.7. The van der Waals surface area contributed by atoms with Crippen LogP contribution >= 0.6 is 0 Å². The summed E-state index contributed by atoms with van der Waals surface area (Å²) in [4.78, 5) is 42.6.